The van der Waals surface area contributed by atoms with Crippen molar-refractivity contribution in [3.05, 3.63) is 58.6 Å². The van der Waals surface area contributed by atoms with E-state index in [0.29, 0.717) is 6.04 Å². The van der Waals surface area contributed by atoms with Gasteiger partial charge in [-0.3, -0.25) is 4.90 Å². The summed E-state index contributed by atoms with van der Waals surface area (Å²) in [5, 5.41) is 0.781. The fourth-order valence-corrected chi connectivity index (χ4v) is 3.92. The van der Waals surface area contributed by atoms with Crippen molar-refractivity contribution < 1.29 is 4.74 Å². The van der Waals surface area contributed by atoms with Crippen LogP contribution in [-0.4, -0.2) is 49.1 Å². The highest BCUT2D eigenvalue weighted by molar-refractivity contribution is 6.30. The molecule has 1 unspecified atom stereocenters. The van der Waals surface area contributed by atoms with Gasteiger partial charge in [0.25, 0.3) is 0 Å². The molecule has 1 saturated heterocycles. The maximum Gasteiger partial charge on any atom is 0.130 e. The fourth-order valence-electron chi connectivity index (χ4n) is 3.72. The van der Waals surface area contributed by atoms with Crippen LogP contribution in [0, 0.1) is 0 Å². The zero-order valence-corrected chi connectivity index (χ0v) is 14.8. The van der Waals surface area contributed by atoms with Crippen LogP contribution in [-0.2, 0) is 12.8 Å². The van der Waals surface area contributed by atoms with Gasteiger partial charge in [0.2, 0.25) is 0 Å². The van der Waals surface area contributed by atoms with Crippen molar-refractivity contribution in [3.8, 4) is 11.5 Å². The molecule has 3 nitrogen and oxygen atoms in total. The average molecular weight is 343 g/mol. The largest absolute Gasteiger partial charge is 0.457 e. The van der Waals surface area contributed by atoms with E-state index in [1.54, 1.807) is 0 Å². The van der Waals surface area contributed by atoms with Gasteiger partial charge in [0.1, 0.15) is 11.5 Å². The van der Waals surface area contributed by atoms with Gasteiger partial charge < -0.3 is 9.64 Å². The molecule has 2 aliphatic rings. The molecule has 4 rings (SSSR count). The maximum absolute atomic E-state index is 6.25. The summed E-state index contributed by atoms with van der Waals surface area (Å²) in [6.45, 7) is 4.52. The smallest absolute Gasteiger partial charge is 0.130 e. The third-order valence-corrected chi connectivity index (χ3v) is 5.42. The van der Waals surface area contributed by atoms with Gasteiger partial charge in [-0.15, -0.1) is 0 Å². The van der Waals surface area contributed by atoms with Crippen molar-refractivity contribution in [2.45, 2.75) is 18.9 Å². The molecule has 24 heavy (non-hydrogen) atoms. The molecule has 2 aromatic rings. The zero-order valence-electron chi connectivity index (χ0n) is 14.0. The first-order valence-electron chi connectivity index (χ1n) is 8.66. The number of nitrogens with zero attached hydrogens (tertiary/aromatic N) is 2. The van der Waals surface area contributed by atoms with E-state index in [1.807, 2.05) is 18.2 Å². The summed E-state index contributed by atoms with van der Waals surface area (Å²) in [7, 11) is 2.20. The number of hydrogen-bond donors (Lipinski definition) is 0. The predicted molar refractivity (Wildman–Crippen MR) is 98.2 cm³/mol. The molecule has 1 fully saturated rings. The number of rotatable bonds is 1. The van der Waals surface area contributed by atoms with Crippen molar-refractivity contribution >= 4 is 11.6 Å². The van der Waals surface area contributed by atoms with Crippen LogP contribution in [0.4, 0.5) is 0 Å². The Labute approximate surface area is 148 Å². The Balaban J connectivity index is 1.70. The molecule has 126 valence electrons. The topological polar surface area (TPSA) is 15.7 Å². The third kappa shape index (κ3) is 3.30. The van der Waals surface area contributed by atoms with Gasteiger partial charge in [0.15, 0.2) is 0 Å². The number of halogens is 1. The monoisotopic (exact) mass is 342 g/mol. The Hall–Kier alpha value is -1.55. The van der Waals surface area contributed by atoms with Crippen LogP contribution in [0.5, 0.6) is 11.5 Å². The third-order valence-electron chi connectivity index (χ3n) is 5.18. The average Bonchev–Trinajstić information content (AvgIpc) is 2.57. The van der Waals surface area contributed by atoms with Gasteiger partial charge in [-0.1, -0.05) is 29.8 Å². The standard InChI is InChI=1S/C20H23ClN2O/c1-22-8-10-23(11-9-22)18-13-15-4-2-3-5-19(15)24-20-7-6-17(21)12-16(20)14-18/h2-7,12,18H,8-11,13-14H2,1H3. The number of likely N-dealkylation sites (N-methyl/N-ethyl adjacent to an activating group) is 1. The second-order valence-corrected chi connectivity index (χ2v) is 7.30. The molecule has 0 saturated carbocycles. The van der Waals surface area contributed by atoms with Crippen molar-refractivity contribution in [2.75, 3.05) is 33.2 Å². The van der Waals surface area contributed by atoms with Crippen molar-refractivity contribution in [3.63, 3.8) is 0 Å². The number of piperazine rings is 1. The molecule has 0 aliphatic carbocycles. The van der Waals surface area contributed by atoms with Crippen LogP contribution >= 0.6 is 11.6 Å². The number of hydrogen-bond acceptors (Lipinski definition) is 3. The van der Waals surface area contributed by atoms with Crippen LogP contribution < -0.4 is 4.74 Å². The molecule has 2 aromatic carbocycles. The summed E-state index contributed by atoms with van der Waals surface area (Å²) in [5.74, 6) is 1.91. The molecular formula is C20H23ClN2O. The number of ether oxygens (including phenoxy) is 1. The summed E-state index contributed by atoms with van der Waals surface area (Å²) in [6, 6.07) is 14.9. The highest BCUT2D eigenvalue weighted by atomic mass is 35.5. The van der Waals surface area contributed by atoms with Gasteiger partial charge in [-0.2, -0.15) is 0 Å². The molecule has 0 N–H and O–H groups in total. The zero-order chi connectivity index (χ0) is 16.5. The lowest BCUT2D eigenvalue weighted by Gasteiger charge is -2.39. The second-order valence-electron chi connectivity index (χ2n) is 6.86. The molecular weight excluding hydrogens is 320 g/mol. The highest BCUT2D eigenvalue weighted by Crippen LogP contribution is 2.35. The molecule has 0 bridgehead atoms. The van der Waals surface area contributed by atoms with E-state index in [1.165, 1.54) is 11.1 Å². The quantitative estimate of drug-likeness (QED) is 0.783. The molecule has 4 heteroatoms. The Morgan fingerprint density at radius 3 is 2.46 bits per heavy atom. The molecule has 0 spiro atoms. The molecule has 0 aromatic heterocycles. The van der Waals surface area contributed by atoms with E-state index in [0.717, 1.165) is 55.5 Å². The minimum absolute atomic E-state index is 0.487. The molecule has 2 heterocycles. The lowest BCUT2D eigenvalue weighted by atomic mass is 9.94. The Morgan fingerprint density at radius 2 is 1.62 bits per heavy atom. The van der Waals surface area contributed by atoms with Crippen LogP contribution in [0.15, 0.2) is 42.5 Å². The van der Waals surface area contributed by atoms with Gasteiger partial charge >= 0.3 is 0 Å². The van der Waals surface area contributed by atoms with Crippen LogP contribution in [0.3, 0.4) is 0 Å². The highest BCUT2D eigenvalue weighted by Gasteiger charge is 2.27. The lowest BCUT2D eigenvalue weighted by Crippen LogP contribution is -2.50. The minimum Gasteiger partial charge on any atom is -0.457 e. The first-order valence-corrected chi connectivity index (χ1v) is 9.03. The van der Waals surface area contributed by atoms with Crippen molar-refractivity contribution in [1.29, 1.82) is 0 Å². The van der Waals surface area contributed by atoms with Crippen molar-refractivity contribution in [1.82, 2.24) is 9.80 Å². The Bertz CT molecular complexity index is 725. The normalized spacial score (nSPS) is 22.0. The van der Waals surface area contributed by atoms with Crippen LogP contribution in [0.1, 0.15) is 11.1 Å². The van der Waals surface area contributed by atoms with Gasteiger partial charge in [-0.25, -0.2) is 0 Å². The molecule has 0 amide bonds. The lowest BCUT2D eigenvalue weighted by molar-refractivity contribution is 0.109. The minimum atomic E-state index is 0.487. The summed E-state index contributed by atoms with van der Waals surface area (Å²) in [4.78, 5) is 5.04. The van der Waals surface area contributed by atoms with E-state index < -0.39 is 0 Å². The van der Waals surface area contributed by atoms with Gasteiger partial charge in [0, 0.05) is 37.2 Å². The Morgan fingerprint density at radius 1 is 0.917 bits per heavy atom. The van der Waals surface area contributed by atoms with E-state index in [-0.39, 0.29) is 0 Å². The summed E-state index contributed by atoms with van der Waals surface area (Å²) >= 11 is 6.25. The van der Waals surface area contributed by atoms with Crippen LogP contribution in [0.2, 0.25) is 5.02 Å². The number of para-hydroxylation sites is 1. The van der Waals surface area contributed by atoms with E-state index >= 15 is 0 Å². The van der Waals surface area contributed by atoms with Gasteiger partial charge in [0.05, 0.1) is 0 Å². The predicted octanol–water partition coefficient (Wildman–Crippen LogP) is 3.85. The van der Waals surface area contributed by atoms with E-state index in [2.05, 4.69) is 41.1 Å². The van der Waals surface area contributed by atoms with E-state index in [4.69, 9.17) is 16.3 Å². The first-order chi connectivity index (χ1) is 11.7. The van der Waals surface area contributed by atoms with Gasteiger partial charge in [-0.05, 0) is 55.3 Å². The molecule has 0 radical (unpaired) electrons. The fraction of sp³-hybridized carbons (Fsp3) is 0.400. The SMILES string of the molecule is CN1CCN(C2Cc3ccccc3Oc3ccc(Cl)cc3C2)CC1. The molecule has 2 aliphatic heterocycles. The number of fused-ring (bicyclic) bond motifs is 2. The Kier molecular flexibility index (Phi) is 4.49. The molecule has 1 atom stereocenters. The first kappa shape index (κ1) is 15.9. The van der Waals surface area contributed by atoms with E-state index in [9.17, 15) is 0 Å². The van der Waals surface area contributed by atoms with Crippen molar-refractivity contribution in [2.24, 2.45) is 0 Å². The maximum atomic E-state index is 6.25. The summed E-state index contributed by atoms with van der Waals surface area (Å²) in [5.41, 5.74) is 2.50. The summed E-state index contributed by atoms with van der Waals surface area (Å²) in [6.07, 6.45) is 2.00. The number of benzene rings is 2. The summed E-state index contributed by atoms with van der Waals surface area (Å²) < 4.78 is 6.20. The second kappa shape index (κ2) is 6.75. The van der Waals surface area contributed by atoms with Crippen LogP contribution in [0.25, 0.3) is 0 Å².